The maximum atomic E-state index is 12.7. The first-order valence-corrected chi connectivity index (χ1v) is 11.7. The van der Waals surface area contributed by atoms with Gasteiger partial charge in [-0.15, -0.1) is 0 Å². The van der Waals surface area contributed by atoms with Gasteiger partial charge in [-0.25, -0.2) is 13.1 Å². The number of rotatable bonds is 5. The fraction of sp³-hybridized carbons (Fsp3) is 0.667. The van der Waals surface area contributed by atoms with Crippen LogP contribution in [0.1, 0.15) is 75.5 Å². The molecule has 0 bridgehead atoms. The summed E-state index contributed by atoms with van der Waals surface area (Å²) in [5.41, 5.74) is 4.98. The molecule has 0 heterocycles. The van der Waals surface area contributed by atoms with Crippen LogP contribution in [0.3, 0.4) is 0 Å². The first-order valence-electron chi connectivity index (χ1n) is 10.1. The number of aryl methyl sites for hydroxylation is 2. The van der Waals surface area contributed by atoms with Crippen LogP contribution in [-0.4, -0.2) is 25.6 Å². The highest BCUT2D eigenvalue weighted by molar-refractivity contribution is 7.90. The van der Waals surface area contributed by atoms with Crippen LogP contribution in [0.5, 0.6) is 0 Å². The molecule has 1 aromatic carbocycles. The van der Waals surface area contributed by atoms with Crippen LogP contribution >= 0.6 is 0 Å². The number of fused-ring (bicyclic) bond motifs is 1. The van der Waals surface area contributed by atoms with Crippen molar-refractivity contribution in [1.82, 2.24) is 4.72 Å². The minimum absolute atomic E-state index is 0.0442. The number of hydrogen-bond acceptors (Lipinski definition) is 3. The van der Waals surface area contributed by atoms with E-state index >= 15 is 0 Å². The fourth-order valence-corrected chi connectivity index (χ4v) is 5.43. The molecule has 27 heavy (non-hydrogen) atoms. The highest BCUT2D eigenvalue weighted by Crippen LogP contribution is 2.37. The zero-order valence-corrected chi connectivity index (χ0v) is 17.7. The minimum atomic E-state index is -3.25. The van der Waals surface area contributed by atoms with Gasteiger partial charge in [0.1, 0.15) is 0 Å². The molecular weight excluding hydrogens is 360 g/mol. The third-order valence-electron chi connectivity index (χ3n) is 6.13. The quantitative estimate of drug-likeness (QED) is 0.799. The average Bonchev–Trinajstić information content (AvgIpc) is 2.96. The lowest BCUT2D eigenvalue weighted by molar-refractivity contribution is -0.120. The summed E-state index contributed by atoms with van der Waals surface area (Å²) in [6.07, 6.45) is 5.14. The first-order chi connectivity index (χ1) is 12.7. The van der Waals surface area contributed by atoms with E-state index < -0.39 is 15.3 Å². The molecule has 1 atom stereocenters. The molecular formula is C21H32N2O3S. The van der Waals surface area contributed by atoms with E-state index in [2.05, 4.69) is 36.0 Å². The second-order valence-electron chi connectivity index (χ2n) is 8.56. The number of benzene rings is 1. The Labute approximate surface area is 163 Å². The fourth-order valence-electron chi connectivity index (χ4n) is 4.46. The molecule has 2 N–H and O–H groups in total. The highest BCUT2D eigenvalue weighted by atomic mass is 32.2. The van der Waals surface area contributed by atoms with E-state index in [-0.39, 0.29) is 17.9 Å². The number of nitrogens with one attached hydrogen (secondary N) is 2. The third-order valence-corrected chi connectivity index (χ3v) is 8.03. The van der Waals surface area contributed by atoms with Gasteiger partial charge in [0.25, 0.3) is 0 Å². The number of hydrogen-bond donors (Lipinski definition) is 2. The zero-order valence-electron chi connectivity index (χ0n) is 16.8. The minimum Gasteiger partial charge on any atom is -0.326 e. The highest BCUT2D eigenvalue weighted by Gasteiger charge is 2.30. The zero-order chi connectivity index (χ0) is 19.8. The van der Waals surface area contributed by atoms with Gasteiger partial charge in [-0.1, -0.05) is 6.92 Å². The second-order valence-corrected chi connectivity index (χ2v) is 10.8. The number of carbonyl (C=O) groups excluding carboxylic acids is 1. The van der Waals surface area contributed by atoms with Crippen molar-refractivity contribution in [3.63, 3.8) is 0 Å². The SMILES string of the molecule is Cc1cc(NC(=O)[C@H]2CC[C@H](NS(=O)(=O)C(C)C)CC2)cc2c1C(C)CC2. The van der Waals surface area contributed by atoms with Crippen molar-refractivity contribution >= 4 is 21.6 Å². The van der Waals surface area contributed by atoms with Crippen LogP contribution < -0.4 is 10.0 Å². The summed E-state index contributed by atoms with van der Waals surface area (Å²) in [4.78, 5) is 12.7. The van der Waals surface area contributed by atoms with E-state index in [4.69, 9.17) is 0 Å². The van der Waals surface area contributed by atoms with Crippen molar-refractivity contribution in [2.75, 3.05) is 5.32 Å². The predicted molar refractivity (Wildman–Crippen MR) is 109 cm³/mol. The summed E-state index contributed by atoms with van der Waals surface area (Å²) < 4.78 is 26.8. The number of amides is 1. The lowest BCUT2D eigenvalue weighted by Gasteiger charge is -2.29. The van der Waals surface area contributed by atoms with Crippen LogP contribution in [0, 0.1) is 12.8 Å². The molecule has 1 amide bonds. The van der Waals surface area contributed by atoms with Gasteiger partial charge in [-0.05, 0) is 94.0 Å². The normalized spacial score (nSPS) is 25.4. The summed E-state index contributed by atoms with van der Waals surface area (Å²) in [6.45, 7) is 7.76. The van der Waals surface area contributed by atoms with Crippen molar-refractivity contribution in [2.24, 2.45) is 5.92 Å². The summed E-state index contributed by atoms with van der Waals surface area (Å²) in [6, 6.07) is 4.16. The summed E-state index contributed by atoms with van der Waals surface area (Å²) >= 11 is 0. The van der Waals surface area contributed by atoms with E-state index in [1.54, 1.807) is 13.8 Å². The Morgan fingerprint density at radius 1 is 1.11 bits per heavy atom. The van der Waals surface area contributed by atoms with Gasteiger partial charge in [0, 0.05) is 17.6 Å². The van der Waals surface area contributed by atoms with E-state index in [1.165, 1.54) is 23.1 Å². The number of sulfonamides is 1. The first kappa shape index (κ1) is 20.3. The molecule has 0 aromatic heterocycles. The Bertz CT molecular complexity index is 809. The van der Waals surface area contributed by atoms with Crippen molar-refractivity contribution < 1.29 is 13.2 Å². The van der Waals surface area contributed by atoms with Crippen LogP contribution in [-0.2, 0) is 21.2 Å². The maximum absolute atomic E-state index is 12.7. The van der Waals surface area contributed by atoms with Crippen LogP contribution in [0.15, 0.2) is 12.1 Å². The van der Waals surface area contributed by atoms with Gasteiger partial charge in [0.05, 0.1) is 5.25 Å². The van der Waals surface area contributed by atoms with Crippen molar-refractivity contribution in [1.29, 1.82) is 0 Å². The van der Waals surface area contributed by atoms with Gasteiger partial charge in [-0.2, -0.15) is 0 Å². The molecule has 1 fully saturated rings. The maximum Gasteiger partial charge on any atom is 0.227 e. The monoisotopic (exact) mass is 392 g/mol. The molecule has 3 rings (SSSR count). The van der Waals surface area contributed by atoms with Crippen LogP contribution in [0.2, 0.25) is 0 Å². The summed E-state index contributed by atoms with van der Waals surface area (Å²) in [5.74, 6) is 0.623. The molecule has 150 valence electrons. The number of anilines is 1. The third kappa shape index (κ3) is 4.54. The largest absolute Gasteiger partial charge is 0.326 e. The molecule has 1 saturated carbocycles. The van der Waals surface area contributed by atoms with Crippen molar-refractivity contribution in [3.8, 4) is 0 Å². The molecule has 0 aliphatic heterocycles. The average molecular weight is 393 g/mol. The summed E-state index contributed by atoms with van der Waals surface area (Å²) in [7, 11) is -3.25. The Balaban J connectivity index is 1.57. The summed E-state index contributed by atoms with van der Waals surface area (Å²) in [5, 5.41) is 2.67. The van der Waals surface area contributed by atoms with Crippen LogP contribution in [0.4, 0.5) is 5.69 Å². The lowest BCUT2D eigenvalue weighted by atomic mass is 9.86. The Kier molecular flexibility index (Phi) is 5.96. The topological polar surface area (TPSA) is 75.3 Å². The van der Waals surface area contributed by atoms with E-state index in [9.17, 15) is 13.2 Å². The predicted octanol–water partition coefficient (Wildman–Crippen LogP) is 3.87. The van der Waals surface area contributed by atoms with Gasteiger partial charge < -0.3 is 5.32 Å². The molecule has 1 unspecified atom stereocenters. The Morgan fingerprint density at radius 2 is 1.78 bits per heavy atom. The molecule has 2 aliphatic rings. The molecule has 5 nitrogen and oxygen atoms in total. The lowest BCUT2D eigenvalue weighted by Crippen LogP contribution is -2.42. The van der Waals surface area contributed by atoms with E-state index in [0.29, 0.717) is 18.8 Å². The standard InChI is InChI=1S/C21H32N2O3S/c1-13(2)27(25,26)23-18-9-7-16(8-10-18)21(24)22-19-11-15(4)20-14(3)5-6-17(20)12-19/h11-14,16,18,23H,5-10H2,1-4H3,(H,22,24)/t14?,16-,18-. The Morgan fingerprint density at radius 3 is 2.41 bits per heavy atom. The second kappa shape index (κ2) is 7.92. The number of carbonyl (C=O) groups is 1. The molecule has 2 aliphatic carbocycles. The van der Waals surface area contributed by atoms with Gasteiger partial charge in [0.15, 0.2) is 0 Å². The molecule has 6 heteroatoms. The van der Waals surface area contributed by atoms with Gasteiger partial charge in [-0.3, -0.25) is 4.79 Å². The van der Waals surface area contributed by atoms with Gasteiger partial charge >= 0.3 is 0 Å². The molecule has 0 radical (unpaired) electrons. The molecule has 0 saturated heterocycles. The Hall–Kier alpha value is -1.40. The van der Waals surface area contributed by atoms with Crippen LogP contribution in [0.25, 0.3) is 0 Å². The molecule has 1 aromatic rings. The van der Waals surface area contributed by atoms with E-state index in [0.717, 1.165) is 24.9 Å². The molecule has 0 spiro atoms. The van der Waals surface area contributed by atoms with Gasteiger partial charge in [0.2, 0.25) is 15.9 Å². The smallest absolute Gasteiger partial charge is 0.227 e. The van der Waals surface area contributed by atoms with E-state index in [1.807, 2.05) is 0 Å². The van der Waals surface area contributed by atoms with Crippen molar-refractivity contribution in [2.45, 2.75) is 83.4 Å². The van der Waals surface area contributed by atoms with Crippen molar-refractivity contribution in [3.05, 3.63) is 28.8 Å².